The highest BCUT2D eigenvalue weighted by atomic mass is 16.5. The Hall–Kier alpha value is -1.12. The fourth-order valence-corrected chi connectivity index (χ4v) is 3.20. The predicted molar refractivity (Wildman–Crippen MR) is 80.1 cm³/mol. The second-order valence-electron chi connectivity index (χ2n) is 6.65. The number of piperidine rings is 1. The minimum absolute atomic E-state index is 0.00634. The van der Waals surface area contributed by atoms with Gasteiger partial charge in [-0.2, -0.15) is 0 Å². The van der Waals surface area contributed by atoms with E-state index < -0.39 is 0 Å². The largest absolute Gasteiger partial charge is 0.375 e. The van der Waals surface area contributed by atoms with Crippen LogP contribution in [0.25, 0.3) is 0 Å². The maximum atomic E-state index is 5.90. The zero-order valence-corrected chi connectivity index (χ0v) is 12.3. The van der Waals surface area contributed by atoms with E-state index >= 15 is 0 Å². The van der Waals surface area contributed by atoms with Crippen LogP contribution in [0.15, 0.2) is 42.5 Å². The lowest BCUT2D eigenvalue weighted by Gasteiger charge is -2.45. The summed E-state index contributed by atoms with van der Waals surface area (Å²) in [6.45, 7) is 12.2. The highest BCUT2D eigenvalue weighted by Gasteiger charge is 2.37. The molecule has 1 heterocycles. The van der Waals surface area contributed by atoms with Gasteiger partial charge in [0.2, 0.25) is 0 Å². The number of ether oxygens (including phenoxy) is 1. The summed E-state index contributed by atoms with van der Waals surface area (Å²) < 4.78 is 5.90. The zero-order valence-electron chi connectivity index (χ0n) is 12.3. The molecule has 0 radical (unpaired) electrons. The van der Waals surface area contributed by atoms with Gasteiger partial charge in [0.25, 0.3) is 0 Å². The van der Waals surface area contributed by atoms with Crippen molar-refractivity contribution in [2.24, 2.45) is 0 Å². The Balaban J connectivity index is 1.89. The van der Waals surface area contributed by atoms with Crippen molar-refractivity contribution in [2.45, 2.75) is 51.3 Å². The summed E-state index contributed by atoms with van der Waals surface area (Å²) in [7, 11) is 0. The zero-order chi connectivity index (χ0) is 13.9. The Morgan fingerprint density at radius 1 is 1.16 bits per heavy atom. The molecule has 1 aromatic rings. The standard InChI is InChI=1S/C17H25NO/c1-14-10-16(2,3)18-17(4,11-14)13-19-12-15-8-6-5-7-9-15/h5-9,18H,1,10-13H2,2-4H3. The van der Waals surface area contributed by atoms with E-state index in [1.54, 1.807) is 0 Å². The lowest BCUT2D eigenvalue weighted by atomic mass is 9.79. The van der Waals surface area contributed by atoms with Crippen LogP contribution in [0.5, 0.6) is 0 Å². The average Bonchev–Trinajstić information content (AvgIpc) is 2.26. The van der Waals surface area contributed by atoms with Crippen LogP contribution in [0.1, 0.15) is 39.2 Å². The van der Waals surface area contributed by atoms with Gasteiger partial charge in [-0.3, -0.25) is 0 Å². The van der Waals surface area contributed by atoms with Crippen molar-refractivity contribution in [3.8, 4) is 0 Å². The van der Waals surface area contributed by atoms with Gasteiger partial charge in [-0.1, -0.05) is 42.5 Å². The molecule has 0 saturated carbocycles. The fourth-order valence-electron chi connectivity index (χ4n) is 3.20. The lowest BCUT2D eigenvalue weighted by Crippen LogP contribution is -2.59. The van der Waals surface area contributed by atoms with Crippen LogP contribution in [0, 0.1) is 0 Å². The smallest absolute Gasteiger partial charge is 0.0717 e. The summed E-state index contributed by atoms with van der Waals surface area (Å²) >= 11 is 0. The predicted octanol–water partition coefficient (Wildman–Crippen LogP) is 3.68. The van der Waals surface area contributed by atoms with Gasteiger partial charge in [-0.25, -0.2) is 0 Å². The Morgan fingerprint density at radius 3 is 2.47 bits per heavy atom. The summed E-state index contributed by atoms with van der Waals surface area (Å²) in [6.07, 6.45) is 2.03. The molecular weight excluding hydrogens is 234 g/mol. The van der Waals surface area contributed by atoms with Crippen LogP contribution in [-0.2, 0) is 11.3 Å². The molecule has 1 aliphatic heterocycles. The Kier molecular flexibility index (Phi) is 4.12. The molecule has 1 fully saturated rings. The Morgan fingerprint density at radius 2 is 1.84 bits per heavy atom. The third-order valence-electron chi connectivity index (χ3n) is 3.50. The van der Waals surface area contributed by atoms with Crippen LogP contribution in [-0.4, -0.2) is 17.7 Å². The summed E-state index contributed by atoms with van der Waals surface area (Å²) in [5.74, 6) is 0. The fraction of sp³-hybridized carbons (Fsp3) is 0.529. The van der Waals surface area contributed by atoms with E-state index in [0.29, 0.717) is 13.2 Å². The Labute approximate surface area is 116 Å². The molecule has 0 amide bonds. The molecule has 1 atom stereocenters. The Bertz CT molecular complexity index is 438. The van der Waals surface area contributed by atoms with Crippen molar-refractivity contribution in [3.63, 3.8) is 0 Å². The minimum atomic E-state index is -0.00634. The molecule has 0 aliphatic carbocycles. The number of benzene rings is 1. The quantitative estimate of drug-likeness (QED) is 0.833. The highest BCUT2D eigenvalue weighted by molar-refractivity contribution is 5.15. The van der Waals surface area contributed by atoms with E-state index in [9.17, 15) is 0 Å². The van der Waals surface area contributed by atoms with Crippen LogP contribution in [0.3, 0.4) is 0 Å². The van der Waals surface area contributed by atoms with E-state index in [2.05, 4.69) is 44.8 Å². The van der Waals surface area contributed by atoms with Gasteiger partial charge in [0.15, 0.2) is 0 Å². The van der Waals surface area contributed by atoms with Crippen LogP contribution < -0.4 is 5.32 Å². The van der Waals surface area contributed by atoms with Crippen molar-refractivity contribution < 1.29 is 4.74 Å². The monoisotopic (exact) mass is 259 g/mol. The number of hydrogen-bond donors (Lipinski definition) is 1. The SMILES string of the molecule is C=C1CC(C)(C)NC(C)(COCc2ccccc2)C1. The van der Waals surface area contributed by atoms with E-state index in [0.717, 1.165) is 12.8 Å². The minimum Gasteiger partial charge on any atom is -0.375 e. The summed E-state index contributed by atoms with van der Waals surface area (Å²) in [4.78, 5) is 0. The first-order chi connectivity index (χ1) is 8.89. The maximum Gasteiger partial charge on any atom is 0.0717 e. The van der Waals surface area contributed by atoms with Crippen molar-refractivity contribution >= 4 is 0 Å². The second kappa shape index (κ2) is 5.48. The van der Waals surface area contributed by atoms with Gasteiger partial charge in [0.1, 0.15) is 0 Å². The molecule has 1 N–H and O–H groups in total. The molecule has 1 saturated heterocycles. The topological polar surface area (TPSA) is 21.3 Å². The van der Waals surface area contributed by atoms with Gasteiger partial charge in [0, 0.05) is 11.1 Å². The van der Waals surface area contributed by atoms with Crippen molar-refractivity contribution in [2.75, 3.05) is 6.61 Å². The first kappa shape index (κ1) is 14.3. The normalized spacial score (nSPS) is 26.4. The lowest BCUT2D eigenvalue weighted by molar-refractivity contribution is 0.0419. The van der Waals surface area contributed by atoms with Crippen molar-refractivity contribution in [1.82, 2.24) is 5.32 Å². The summed E-state index contributed by atoms with van der Waals surface area (Å²) in [5, 5.41) is 3.70. The molecule has 1 unspecified atom stereocenters. The molecule has 19 heavy (non-hydrogen) atoms. The molecular formula is C17H25NO. The van der Waals surface area contributed by atoms with Gasteiger partial charge >= 0.3 is 0 Å². The second-order valence-corrected chi connectivity index (χ2v) is 6.65. The van der Waals surface area contributed by atoms with Gasteiger partial charge < -0.3 is 10.1 Å². The molecule has 1 aliphatic rings. The molecule has 0 aromatic heterocycles. The van der Waals surface area contributed by atoms with Crippen LogP contribution >= 0.6 is 0 Å². The third-order valence-corrected chi connectivity index (χ3v) is 3.50. The van der Waals surface area contributed by atoms with Crippen molar-refractivity contribution in [3.05, 3.63) is 48.0 Å². The first-order valence-electron chi connectivity index (χ1n) is 6.96. The molecule has 2 nitrogen and oxygen atoms in total. The molecule has 0 bridgehead atoms. The van der Waals surface area contributed by atoms with E-state index in [1.807, 2.05) is 18.2 Å². The summed E-state index contributed by atoms with van der Waals surface area (Å²) in [6, 6.07) is 10.3. The average molecular weight is 259 g/mol. The molecule has 2 rings (SSSR count). The highest BCUT2D eigenvalue weighted by Crippen LogP contribution is 2.31. The van der Waals surface area contributed by atoms with Crippen molar-refractivity contribution in [1.29, 1.82) is 0 Å². The van der Waals surface area contributed by atoms with Gasteiger partial charge in [-0.05, 0) is 39.2 Å². The number of rotatable bonds is 4. The van der Waals surface area contributed by atoms with E-state index in [4.69, 9.17) is 4.74 Å². The number of hydrogen-bond acceptors (Lipinski definition) is 2. The molecule has 1 aromatic carbocycles. The van der Waals surface area contributed by atoms with Gasteiger partial charge in [0.05, 0.1) is 13.2 Å². The van der Waals surface area contributed by atoms with Crippen LogP contribution in [0.2, 0.25) is 0 Å². The molecule has 0 spiro atoms. The van der Waals surface area contributed by atoms with Crippen LogP contribution in [0.4, 0.5) is 0 Å². The number of nitrogens with one attached hydrogen (secondary N) is 1. The molecule has 104 valence electrons. The third kappa shape index (κ3) is 4.19. The van der Waals surface area contributed by atoms with E-state index in [-0.39, 0.29) is 11.1 Å². The molecule has 2 heteroatoms. The summed E-state index contributed by atoms with van der Waals surface area (Å²) in [5.41, 5.74) is 2.64. The van der Waals surface area contributed by atoms with Gasteiger partial charge in [-0.15, -0.1) is 0 Å². The first-order valence-corrected chi connectivity index (χ1v) is 6.96. The maximum absolute atomic E-state index is 5.90. The van der Waals surface area contributed by atoms with E-state index in [1.165, 1.54) is 11.1 Å².